The lowest BCUT2D eigenvalue weighted by Gasteiger charge is -2.36. The Labute approximate surface area is 181 Å². The zero-order valence-corrected chi connectivity index (χ0v) is 18.7. The molecule has 1 aromatic heterocycles. The van der Waals surface area contributed by atoms with Gasteiger partial charge in [-0.05, 0) is 37.2 Å². The number of benzene rings is 1. The molecule has 1 aliphatic rings. The smallest absolute Gasteiger partial charge is 0.341 e. The molecule has 7 nitrogen and oxygen atoms in total. The zero-order chi connectivity index (χ0) is 23.1. The van der Waals surface area contributed by atoms with Gasteiger partial charge in [-0.1, -0.05) is 20.8 Å². The first kappa shape index (κ1) is 23.1. The van der Waals surface area contributed by atoms with Crippen molar-refractivity contribution >= 4 is 22.6 Å². The van der Waals surface area contributed by atoms with E-state index in [2.05, 4.69) is 0 Å². The average Bonchev–Trinajstić information content (AvgIpc) is 3.56. The Balaban J connectivity index is 2.27. The number of aliphatic hydroxyl groups is 1. The SMILES string of the molecule is CCN(CC(C)C(C)(C)CO)c1c(F)cc2c(=O)c(C(=O)O)cn(C3CC3)c2c1OC. The van der Waals surface area contributed by atoms with Crippen molar-refractivity contribution in [3.05, 3.63) is 33.9 Å². The highest BCUT2D eigenvalue weighted by molar-refractivity contribution is 5.97. The van der Waals surface area contributed by atoms with E-state index in [1.807, 2.05) is 32.6 Å². The number of rotatable bonds is 9. The number of hydrogen-bond acceptors (Lipinski definition) is 5. The van der Waals surface area contributed by atoms with Crippen LogP contribution in [0.4, 0.5) is 10.1 Å². The van der Waals surface area contributed by atoms with E-state index in [0.717, 1.165) is 18.9 Å². The summed E-state index contributed by atoms with van der Waals surface area (Å²) in [6.45, 7) is 8.79. The van der Waals surface area contributed by atoms with E-state index < -0.39 is 17.2 Å². The van der Waals surface area contributed by atoms with Crippen LogP contribution in [0.15, 0.2) is 17.1 Å². The van der Waals surface area contributed by atoms with Crippen LogP contribution in [-0.2, 0) is 0 Å². The summed E-state index contributed by atoms with van der Waals surface area (Å²) in [5.74, 6) is -1.70. The van der Waals surface area contributed by atoms with Crippen LogP contribution in [0.2, 0.25) is 0 Å². The monoisotopic (exact) mass is 434 g/mol. The first-order valence-corrected chi connectivity index (χ1v) is 10.6. The molecule has 0 bridgehead atoms. The van der Waals surface area contributed by atoms with Gasteiger partial charge in [0.25, 0.3) is 0 Å². The van der Waals surface area contributed by atoms with Crippen molar-refractivity contribution in [1.82, 2.24) is 4.57 Å². The first-order valence-electron chi connectivity index (χ1n) is 10.6. The number of carbonyl (C=O) groups is 1. The van der Waals surface area contributed by atoms with E-state index >= 15 is 4.39 Å². The number of halogens is 1. The quantitative estimate of drug-likeness (QED) is 0.626. The summed E-state index contributed by atoms with van der Waals surface area (Å²) in [7, 11) is 1.43. The van der Waals surface area contributed by atoms with Gasteiger partial charge in [0.1, 0.15) is 11.3 Å². The Bertz CT molecular complexity index is 1060. The van der Waals surface area contributed by atoms with Gasteiger partial charge in [0.05, 0.1) is 18.0 Å². The van der Waals surface area contributed by atoms with E-state index in [-0.39, 0.29) is 46.4 Å². The molecule has 0 amide bonds. The van der Waals surface area contributed by atoms with Crippen LogP contribution in [0.5, 0.6) is 5.75 Å². The normalized spacial score (nSPS) is 15.2. The fraction of sp³-hybridized carbons (Fsp3) is 0.565. The predicted octanol–water partition coefficient (Wildman–Crippen LogP) is 3.66. The number of methoxy groups -OCH3 is 1. The minimum Gasteiger partial charge on any atom is -0.492 e. The Morgan fingerprint density at radius 3 is 2.55 bits per heavy atom. The molecule has 2 N–H and O–H groups in total. The van der Waals surface area contributed by atoms with Crippen LogP contribution in [0, 0.1) is 17.2 Å². The Morgan fingerprint density at radius 1 is 1.42 bits per heavy atom. The number of anilines is 1. The van der Waals surface area contributed by atoms with Crippen LogP contribution in [0.3, 0.4) is 0 Å². The summed E-state index contributed by atoms with van der Waals surface area (Å²) in [5.41, 5.74) is -0.792. The van der Waals surface area contributed by atoms with E-state index in [9.17, 15) is 19.8 Å². The summed E-state index contributed by atoms with van der Waals surface area (Å²) in [5, 5.41) is 19.2. The Kier molecular flexibility index (Phi) is 6.32. The largest absolute Gasteiger partial charge is 0.492 e. The van der Waals surface area contributed by atoms with E-state index in [4.69, 9.17) is 4.74 Å². The number of pyridine rings is 1. The van der Waals surface area contributed by atoms with Gasteiger partial charge in [0.15, 0.2) is 11.6 Å². The maximum absolute atomic E-state index is 15.4. The van der Waals surface area contributed by atoms with Crippen molar-refractivity contribution in [2.75, 3.05) is 31.7 Å². The first-order chi connectivity index (χ1) is 14.6. The van der Waals surface area contributed by atoms with E-state index in [0.29, 0.717) is 18.6 Å². The Hall–Kier alpha value is -2.61. The van der Waals surface area contributed by atoms with Crippen molar-refractivity contribution < 1.29 is 24.1 Å². The van der Waals surface area contributed by atoms with Gasteiger partial charge in [-0.2, -0.15) is 0 Å². The molecule has 0 radical (unpaired) electrons. The van der Waals surface area contributed by atoms with Gasteiger partial charge < -0.3 is 24.4 Å². The number of aromatic carboxylic acids is 1. The van der Waals surface area contributed by atoms with Crippen LogP contribution in [0.25, 0.3) is 10.9 Å². The molecule has 31 heavy (non-hydrogen) atoms. The number of carboxylic acid groups (broad SMARTS) is 1. The maximum atomic E-state index is 15.4. The number of aromatic nitrogens is 1. The van der Waals surface area contributed by atoms with Crippen LogP contribution >= 0.6 is 0 Å². The standard InChI is InChI=1S/C23H31FN2O5/c1-6-25(10-13(2)23(3,4)12-27)19-17(24)9-15-18(21(19)31-5)26(14-7-8-14)11-16(20(15)28)22(29)30/h9,11,13-14,27H,6-8,10,12H2,1-5H3,(H,29,30). The van der Waals surface area contributed by atoms with Crippen molar-refractivity contribution in [1.29, 1.82) is 0 Å². The highest BCUT2D eigenvalue weighted by Crippen LogP contribution is 2.44. The molecule has 1 aliphatic carbocycles. The summed E-state index contributed by atoms with van der Waals surface area (Å²) in [6.07, 6.45) is 3.06. The summed E-state index contributed by atoms with van der Waals surface area (Å²) in [6, 6.07) is 1.18. The average molecular weight is 435 g/mol. The molecule has 1 fully saturated rings. The van der Waals surface area contributed by atoms with E-state index in [1.165, 1.54) is 13.3 Å². The second-order valence-electron chi connectivity index (χ2n) is 9.04. The molecule has 3 rings (SSSR count). The van der Waals surface area contributed by atoms with Gasteiger partial charge >= 0.3 is 5.97 Å². The fourth-order valence-electron chi connectivity index (χ4n) is 3.84. The van der Waals surface area contributed by atoms with Gasteiger partial charge in [0, 0.05) is 31.9 Å². The molecule has 170 valence electrons. The lowest BCUT2D eigenvalue weighted by Crippen LogP contribution is -2.37. The third-order valence-electron chi connectivity index (χ3n) is 6.51. The molecule has 2 aromatic rings. The molecule has 8 heteroatoms. The summed E-state index contributed by atoms with van der Waals surface area (Å²) < 4.78 is 22.8. The van der Waals surface area contributed by atoms with Crippen molar-refractivity contribution in [2.45, 2.75) is 46.6 Å². The molecule has 1 atom stereocenters. The molecule has 0 saturated heterocycles. The van der Waals surface area contributed by atoms with Crippen LogP contribution in [0.1, 0.15) is 56.9 Å². The molecular weight excluding hydrogens is 403 g/mol. The second kappa shape index (κ2) is 8.49. The fourth-order valence-corrected chi connectivity index (χ4v) is 3.84. The molecule has 1 aromatic carbocycles. The highest BCUT2D eigenvalue weighted by atomic mass is 19.1. The summed E-state index contributed by atoms with van der Waals surface area (Å²) in [4.78, 5) is 26.3. The lowest BCUT2D eigenvalue weighted by atomic mass is 9.80. The molecular formula is C23H31FN2O5. The van der Waals surface area contributed by atoms with Crippen LogP contribution in [-0.4, -0.2) is 47.6 Å². The maximum Gasteiger partial charge on any atom is 0.341 e. The zero-order valence-electron chi connectivity index (χ0n) is 18.7. The lowest BCUT2D eigenvalue weighted by molar-refractivity contribution is 0.0694. The van der Waals surface area contributed by atoms with E-state index in [1.54, 1.807) is 4.57 Å². The van der Waals surface area contributed by atoms with Crippen molar-refractivity contribution in [2.24, 2.45) is 11.3 Å². The van der Waals surface area contributed by atoms with Gasteiger partial charge in [-0.15, -0.1) is 0 Å². The minimum atomic E-state index is -1.33. The molecule has 1 saturated carbocycles. The number of fused-ring (bicyclic) bond motifs is 1. The van der Waals surface area contributed by atoms with Gasteiger partial charge in [-0.25, -0.2) is 9.18 Å². The molecule has 1 heterocycles. The molecule has 1 unspecified atom stereocenters. The number of hydrogen-bond donors (Lipinski definition) is 2. The number of ether oxygens (including phenoxy) is 1. The Morgan fingerprint density at radius 2 is 2.06 bits per heavy atom. The third-order valence-corrected chi connectivity index (χ3v) is 6.51. The van der Waals surface area contributed by atoms with Gasteiger partial charge in [0.2, 0.25) is 5.43 Å². The minimum absolute atomic E-state index is 0.00223. The van der Waals surface area contributed by atoms with Crippen LogP contribution < -0.4 is 15.1 Å². The predicted molar refractivity (Wildman–Crippen MR) is 118 cm³/mol. The molecule has 0 aliphatic heterocycles. The number of carboxylic acids is 1. The van der Waals surface area contributed by atoms with Crippen molar-refractivity contribution in [3.63, 3.8) is 0 Å². The topological polar surface area (TPSA) is 92.0 Å². The number of nitrogens with zero attached hydrogens (tertiary/aromatic N) is 2. The second-order valence-corrected chi connectivity index (χ2v) is 9.04. The third kappa shape index (κ3) is 4.13. The highest BCUT2D eigenvalue weighted by Gasteiger charge is 2.32. The number of aliphatic hydroxyl groups excluding tert-OH is 1. The summed E-state index contributed by atoms with van der Waals surface area (Å²) >= 11 is 0. The van der Waals surface area contributed by atoms with Crippen molar-refractivity contribution in [3.8, 4) is 5.75 Å². The molecule has 0 spiro atoms. The van der Waals surface area contributed by atoms with Gasteiger partial charge in [-0.3, -0.25) is 4.79 Å².